The number of amides is 1. The summed E-state index contributed by atoms with van der Waals surface area (Å²) in [4.78, 5) is 12.9. The predicted molar refractivity (Wildman–Crippen MR) is 129 cm³/mol. The van der Waals surface area contributed by atoms with Crippen LogP contribution < -0.4 is 9.62 Å². The number of hydrogen-bond donors (Lipinski definition) is 1. The molecule has 1 amide bonds. The van der Waals surface area contributed by atoms with Crippen molar-refractivity contribution in [3.8, 4) is 0 Å². The van der Waals surface area contributed by atoms with Crippen LogP contribution in [-0.4, -0.2) is 38.4 Å². The molecule has 0 bridgehead atoms. The number of rotatable bonds is 9. The molecule has 1 saturated carbocycles. The highest BCUT2D eigenvalue weighted by atomic mass is 32.2. The lowest BCUT2D eigenvalue weighted by molar-refractivity contribution is -0.119. The zero-order chi connectivity index (χ0) is 22.4. The third-order valence-electron chi connectivity index (χ3n) is 5.75. The summed E-state index contributed by atoms with van der Waals surface area (Å²) in [5, 5.41) is 3.60. The van der Waals surface area contributed by atoms with Gasteiger partial charge >= 0.3 is 0 Å². The molecule has 0 saturated heterocycles. The van der Waals surface area contributed by atoms with Crippen LogP contribution in [-0.2, 0) is 14.8 Å². The molecule has 5 nitrogen and oxygen atoms in total. The highest BCUT2D eigenvalue weighted by molar-refractivity contribution is 7.99. The Balaban J connectivity index is 1.74. The van der Waals surface area contributed by atoms with Gasteiger partial charge in [-0.3, -0.25) is 9.10 Å². The van der Waals surface area contributed by atoms with Gasteiger partial charge in [-0.1, -0.05) is 36.6 Å². The molecule has 0 spiro atoms. The van der Waals surface area contributed by atoms with Crippen molar-refractivity contribution in [1.29, 1.82) is 0 Å². The smallest absolute Gasteiger partial charge is 0.264 e. The molecular weight excluding hydrogens is 428 g/mol. The molecule has 0 aliphatic heterocycles. The van der Waals surface area contributed by atoms with Gasteiger partial charge in [0.25, 0.3) is 10.0 Å². The minimum absolute atomic E-state index is 0.181. The summed E-state index contributed by atoms with van der Waals surface area (Å²) in [5.41, 5.74) is 3.54. The molecule has 1 fully saturated rings. The van der Waals surface area contributed by atoms with Crippen LogP contribution in [0.15, 0.2) is 47.4 Å². The number of thioether (sulfide) groups is 1. The summed E-state index contributed by atoms with van der Waals surface area (Å²) in [6, 6.07) is 12.2. The number of carbonyl (C=O) groups is 1. The van der Waals surface area contributed by atoms with E-state index in [0.29, 0.717) is 17.5 Å². The zero-order valence-corrected chi connectivity index (χ0v) is 20.2. The molecule has 1 N–H and O–H groups in total. The maximum absolute atomic E-state index is 13.4. The number of nitrogens with zero attached hydrogens (tertiary/aromatic N) is 1. The van der Waals surface area contributed by atoms with Crippen molar-refractivity contribution in [3.63, 3.8) is 0 Å². The van der Waals surface area contributed by atoms with Crippen molar-refractivity contribution >= 4 is 33.4 Å². The summed E-state index contributed by atoms with van der Waals surface area (Å²) in [7, 11) is -3.87. The molecule has 0 aromatic heterocycles. The molecule has 0 unspecified atom stereocenters. The summed E-state index contributed by atoms with van der Waals surface area (Å²) in [6.45, 7) is 6.13. The van der Waals surface area contributed by atoms with Crippen LogP contribution in [0.5, 0.6) is 0 Å². The van der Waals surface area contributed by atoms with E-state index in [-0.39, 0.29) is 17.3 Å². The lowest BCUT2D eigenvalue weighted by atomic mass is 10.1. The van der Waals surface area contributed by atoms with Gasteiger partial charge in [0.05, 0.1) is 10.6 Å². The molecular formula is C24H32N2O3S2. The van der Waals surface area contributed by atoms with E-state index in [0.717, 1.165) is 22.4 Å². The van der Waals surface area contributed by atoms with Crippen LogP contribution in [0.25, 0.3) is 0 Å². The number of aryl methyl sites for hydroxylation is 3. The van der Waals surface area contributed by atoms with Gasteiger partial charge in [0.2, 0.25) is 5.91 Å². The van der Waals surface area contributed by atoms with Gasteiger partial charge < -0.3 is 5.32 Å². The Bertz CT molecular complexity index is 998. The Hall–Kier alpha value is -1.99. The highest BCUT2D eigenvalue weighted by Crippen LogP contribution is 2.29. The number of anilines is 1. The fourth-order valence-electron chi connectivity index (χ4n) is 3.69. The highest BCUT2D eigenvalue weighted by Gasteiger charge is 2.27. The van der Waals surface area contributed by atoms with Crippen LogP contribution in [0.3, 0.4) is 0 Å². The maximum atomic E-state index is 13.4. The molecule has 1 aliphatic carbocycles. The molecule has 7 heteroatoms. The van der Waals surface area contributed by atoms with E-state index in [4.69, 9.17) is 0 Å². The molecule has 31 heavy (non-hydrogen) atoms. The molecule has 0 radical (unpaired) electrons. The fraction of sp³-hybridized carbons (Fsp3) is 0.458. The van der Waals surface area contributed by atoms with Crippen molar-refractivity contribution in [1.82, 2.24) is 5.32 Å². The van der Waals surface area contributed by atoms with Crippen LogP contribution in [0.4, 0.5) is 5.69 Å². The molecule has 2 aromatic rings. The SMILES string of the molecule is Cc1ccc(S(=O)(=O)N(CC(=O)NCCSC2CCCC2)c2ccc(C)c(C)c2)cc1. The third kappa shape index (κ3) is 6.26. The van der Waals surface area contributed by atoms with Crippen LogP contribution in [0.2, 0.25) is 0 Å². The average Bonchev–Trinajstić information content (AvgIpc) is 3.25. The van der Waals surface area contributed by atoms with E-state index < -0.39 is 10.0 Å². The van der Waals surface area contributed by atoms with Crippen LogP contribution >= 0.6 is 11.8 Å². The predicted octanol–water partition coefficient (Wildman–Crippen LogP) is 4.60. The van der Waals surface area contributed by atoms with Crippen molar-refractivity contribution in [3.05, 3.63) is 59.2 Å². The van der Waals surface area contributed by atoms with E-state index in [1.807, 2.05) is 44.7 Å². The quantitative estimate of drug-likeness (QED) is 0.556. The Morgan fingerprint density at radius 2 is 1.71 bits per heavy atom. The van der Waals surface area contributed by atoms with Crippen molar-refractivity contribution in [2.45, 2.75) is 56.6 Å². The standard InChI is InChI=1S/C24H32N2O3S2/c1-18-8-12-23(13-9-18)31(28,29)26(21-11-10-19(2)20(3)16-21)17-24(27)25-14-15-30-22-6-4-5-7-22/h8-13,16,22H,4-7,14-15,17H2,1-3H3,(H,25,27). The first-order valence-corrected chi connectivity index (χ1v) is 13.3. The lowest BCUT2D eigenvalue weighted by Crippen LogP contribution is -2.41. The first-order valence-electron chi connectivity index (χ1n) is 10.8. The van der Waals surface area contributed by atoms with Crippen LogP contribution in [0.1, 0.15) is 42.4 Å². The van der Waals surface area contributed by atoms with E-state index in [1.165, 1.54) is 30.0 Å². The van der Waals surface area contributed by atoms with Gasteiger partial charge in [-0.15, -0.1) is 0 Å². The largest absolute Gasteiger partial charge is 0.354 e. The summed E-state index contributed by atoms with van der Waals surface area (Å²) in [6.07, 6.45) is 5.11. The zero-order valence-electron chi connectivity index (χ0n) is 18.6. The molecule has 0 heterocycles. The van der Waals surface area contributed by atoms with Gasteiger partial charge in [0.15, 0.2) is 0 Å². The van der Waals surface area contributed by atoms with E-state index in [1.54, 1.807) is 30.3 Å². The Kier molecular flexibility index (Phi) is 8.06. The monoisotopic (exact) mass is 460 g/mol. The van der Waals surface area contributed by atoms with E-state index in [2.05, 4.69) is 5.32 Å². The van der Waals surface area contributed by atoms with Crippen molar-refractivity contribution in [2.75, 3.05) is 23.1 Å². The van der Waals surface area contributed by atoms with Gasteiger partial charge in [-0.25, -0.2) is 8.42 Å². The van der Waals surface area contributed by atoms with Gasteiger partial charge in [-0.2, -0.15) is 11.8 Å². The molecule has 168 valence electrons. The normalized spacial score (nSPS) is 14.5. The minimum Gasteiger partial charge on any atom is -0.354 e. The Morgan fingerprint density at radius 3 is 2.35 bits per heavy atom. The summed E-state index contributed by atoms with van der Waals surface area (Å²) >= 11 is 1.90. The topological polar surface area (TPSA) is 66.5 Å². The second-order valence-electron chi connectivity index (χ2n) is 8.22. The molecule has 0 atom stereocenters. The van der Waals surface area contributed by atoms with Crippen molar-refractivity contribution in [2.24, 2.45) is 0 Å². The second kappa shape index (κ2) is 10.6. The first-order chi connectivity index (χ1) is 14.8. The number of nitrogens with one attached hydrogen (secondary N) is 1. The van der Waals surface area contributed by atoms with Gasteiger partial charge in [0.1, 0.15) is 6.54 Å². The lowest BCUT2D eigenvalue weighted by Gasteiger charge is -2.25. The fourth-order valence-corrected chi connectivity index (χ4v) is 6.32. The Labute approximate surface area is 190 Å². The third-order valence-corrected chi connectivity index (χ3v) is 8.93. The molecule has 3 rings (SSSR count). The molecule has 1 aliphatic rings. The molecule has 2 aromatic carbocycles. The number of benzene rings is 2. The number of carbonyl (C=O) groups excluding carboxylic acids is 1. The van der Waals surface area contributed by atoms with Crippen molar-refractivity contribution < 1.29 is 13.2 Å². The van der Waals surface area contributed by atoms with Crippen LogP contribution in [0, 0.1) is 20.8 Å². The summed E-state index contributed by atoms with van der Waals surface area (Å²) < 4.78 is 28.1. The number of hydrogen-bond acceptors (Lipinski definition) is 4. The van der Waals surface area contributed by atoms with E-state index in [9.17, 15) is 13.2 Å². The number of sulfonamides is 1. The maximum Gasteiger partial charge on any atom is 0.264 e. The second-order valence-corrected chi connectivity index (χ2v) is 11.5. The first kappa shape index (κ1) is 23.7. The minimum atomic E-state index is -3.87. The van der Waals surface area contributed by atoms with E-state index >= 15 is 0 Å². The van der Waals surface area contributed by atoms with Gasteiger partial charge in [0, 0.05) is 17.5 Å². The average molecular weight is 461 g/mol. The Morgan fingerprint density at radius 1 is 1.03 bits per heavy atom. The van der Waals surface area contributed by atoms with Gasteiger partial charge in [-0.05, 0) is 69.0 Å². The summed E-state index contributed by atoms with van der Waals surface area (Å²) in [5.74, 6) is 0.561.